The number of carbonyl (C=O) groups is 1. The summed E-state index contributed by atoms with van der Waals surface area (Å²) in [4.78, 5) is 16.3. The number of hydrogen-bond acceptors (Lipinski definition) is 3. The molecular formula is C13H15BrN4O. The van der Waals surface area contributed by atoms with Gasteiger partial charge in [0.15, 0.2) is 5.65 Å². The summed E-state index contributed by atoms with van der Waals surface area (Å²) in [7, 11) is 0. The second-order valence-corrected chi connectivity index (χ2v) is 6.24. The van der Waals surface area contributed by atoms with Crippen LogP contribution >= 0.6 is 15.9 Å². The molecule has 1 fully saturated rings. The van der Waals surface area contributed by atoms with Crippen LogP contribution in [-0.4, -0.2) is 20.5 Å². The maximum atomic E-state index is 12.0. The van der Waals surface area contributed by atoms with Gasteiger partial charge in [0.05, 0.1) is 0 Å². The first-order valence-corrected chi connectivity index (χ1v) is 7.16. The van der Waals surface area contributed by atoms with Crippen molar-refractivity contribution < 1.29 is 4.79 Å². The first kappa shape index (κ1) is 12.6. The van der Waals surface area contributed by atoms with Crippen LogP contribution in [0.1, 0.15) is 20.3 Å². The summed E-state index contributed by atoms with van der Waals surface area (Å²) in [5.74, 6) is 1.59. The van der Waals surface area contributed by atoms with Crippen LogP contribution in [-0.2, 0) is 4.79 Å². The van der Waals surface area contributed by atoms with E-state index in [-0.39, 0.29) is 11.8 Å². The Morgan fingerprint density at radius 3 is 3.05 bits per heavy atom. The molecule has 0 spiro atoms. The van der Waals surface area contributed by atoms with Crippen LogP contribution in [0.5, 0.6) is 0 Å². The van der Waals surface area contributed by atoms with E-state index in [9.17, 15) is 4.79 Å². The summed E-state index contributed by atoms with van der Waals surface area (Å²) in [5, 5.41) is 7.03. The van der Waals surface area contributed by atoms with Gasteiger partial charge in [-0.1, -0.05) is 29.8 Å². The first-order chi connectivity index (χ1) is 9.04. The minimum atomic E-state index is 0.0358. The molecule has 0 saturated heterocycles. The average Bonchev–Trinajstić information content (AvgIpc) is 3.05. The number of carbonyl (C=O) groups excluding carboxylic acids is 1. The summed E-state index contributed by atoms with van der Waals surface area (Å²) in [6.45, 7) is 4.30. The zero-order valence-electron chi connectivity index (χ0n) is 10.8. The van der Waals surface area contributed by atoms with Gasteiger partial charge in [0, 0.05) is 16.6 Å². The molecule has 0 aromatic carbocycles. The fourth-order valence-electron chi connectivity index (χ4n) is 2.37. The van der Waals surface area contributed by atoms with Crippen LogP contribution in [0, 0.1) is 17.8 Å². The highest BCUT2D eigenvalue weighted by Crippen LogP contribution is 2.44. The van der Waals surface area contributed by atoms with Gasteiger partial charge in [-0.05, 0) is 30.4 Å². The lowest BCUT2D eigenvalue weighted by Crippen LogP contribution is -2.16. The van der Waals surface area contributed by atoms with Gasteiger partial charge in [-0.15, -0.1) is 5.10 Å². The molecule has 3 rings (SSSR count). The van der Waals surface area contributed by atoms with Crippen molar-refractivity contribution in [3.05, 3.63) is 22.8 Å². The quantitative estimate of drug-likeness (QED) is 0.945. The molecule has 1 N–H and O–H groups in total. The molecule has 0 bridgehead atoms. The van der Waals surface area contributed by atoms with E-state index < -0.39 is 0 Å². The van der Waals surface area contributed by atoms with Crippen LogP contribution in [0.3, 0.4) is 0 Å². The Labute approximate surface area is 119 Å². The Bertz CT molecular complexity index is 637. The van der Waals surface area contributed by atoms with E-state index in [0.717, 1.165) is 10.9 Å². The molecule has 2 aromatic heterocycles. The van der Waals surface area contributed by atoms with Crippen LogP contribution in [0.2, 0.25) is 0 Å². The summed E-state index contributed by atoms with van der Waals surface area (Å²) in [6.07, 6.45) is 2.78. The minimum absolute atomic E-state index is 0.0358. The molecular weight excluding hydrogens is 308 g/mol. The smallest absolute Gasteiger partial charge is 0.249 e. The molecule has 0 radical (unpaired) electrons. The minimum Gasteiger partial charge on any atom is -0.293 e. The highest BCUT2D eigenvalue weighted by atomic mass is 79.9. The first-order valence-electron chi connectivity index (χ1n) is 6.37. The number of anilines is 1. The number of amides is 1. The normalized spacial score (nSPS) is 21.9. The number of nitrogens with one attached hydrogen (secondary N) is 1. The number of aromatic nitrogens is 3. The molecule has 5 nitrogen and oxygen atoms in total. The molecule has 2 heterocycles. The Balaban J connectivity index is 1.73. The fraction of sp³-hybridized carbons (Fsp3) is 0.462. The predicted octanol–water partition coefficient (Wildman–Crippen LogP) is 2.72. The highest BCUT2D eigenvalue weighted by Gasteiger charge is 2.44. The molecule has 6 heteroatoms. The maximum absolute atomic E-state index is 12.0. The monoisotopic (exact) mass is 322 g/mol. The van der Waals surface area contributed by atoms with Crippen LogP contribution in [0.15, 0.2) is 22.8 Å². The SMILES string of the molecule is CC(C)[C@@H]1C[C@H]1C(=O)Nc1nc2cc(Br)ccn2n1. The number of hydrogen-bond donors (Lipinski definition) is 1. The van der Waals surface area contributed by atoms with Crippen molar-refractivity contribution in [3.63, 3.8) is 0 Å². The molecule has 2 atom stereocenters. The van der Waals surface area contributed by atoms with Gasteiger partial charge >= 0.3 is 0 Å². The summed E-state index contributed by atoms with van der Waals surface area (Å²) in [5.41, 5.74) is 0.709. The second-order valence-electron chi connectivity index (χ2n) is 5.32. The number of nitrogens with zero attached hydrogens (tertiary/aromatic N) is 3. The zero-order valence-corrected chi connectivity index (χ0v) is 12.4. The molecule has 100 valence electrons. The molecule has 19 heavy (non-hydrogen) atoms. The van der Waals surface area contributed by atoms with Crippen molar-refractivity contribution in [3.8, 4) is 0 Å². The van der Waals surface area contributed by atoms with E-state index in [1.165, 1.54) is 0 Å². The van der Waals surface area contributed by atoms with Gasteiger partial charge in [0.1, 0.15) is 0 Å². The van der Waals surface area contributed by atoms with Gasteiger partial charge in [-0.25, -0.2) is 4.52 Å². The fourth-order valence-corrected chi connectivity index (χ4v) is 2.69. The summed E-state index contributed by atoms with van der Waals surface area (Å²) >= 11 is 3.38. The van der Waals surface area contributed by atoms with E-state index in [4.69, 9.17) is 0 Å². The van der Waals surface area contributed by atoms with Crippen molar-refractivity contribution in [2.24, 2.45) is 17.8 Å². The Morgan fingerprint density at radius 1 is 1.58 bits per heavy atom. The standard InChI is InChI=1S/C13H15BrN4O/c1-7(2)9-6-10(9)12(19)16-13-15-11-5-8(14)3-4-18(11)17-13/h3-5,7,9-10H,6H2,1-2H3,(H,16,17,19)/t9-,10+/m0/s1. The van der Waals surface area contributed by atoms with Crippen molar-refractivity contribution in [1.29, 1.82) is 0 Å². The summed E-state index contributed by atoms with van der Waals surface area (Å²) in [6, 6.07) is 3.74. The molecule has 0 unspecified atom stereocenters. The Kier molecular flexibility index (Phi) is 3.05. The number of halogens is 1. The predicted molar refractivity (Wildman–Crippen MR) is 75.8 cm³/mol. The lowest BCUT2D eigenvalue weighted by molar-refractivity contribution is -0.117. The highest BCUT2D eigenvalue weighted by molar-refractivity contribution is 9.10. The Morgan fingerprint density at radius 2 is 2.37 bits per heavy atom. The third kappa shape index (κ3) is 2.49. The number of pyridine rings is 1. The average molecular weight is 323 g/mol. The molecule has 2 aromatic rings. The molecule has 1 aliphatic rings. The maximum Gasteiger partial charge on any atom is 0.249 e. The molecule has 1 aliphatic carbocycles. The van der Waals surface area contributed by atoms with Gasteiger partial charge in [-0.3, -0.25) is 10.1 Å². The number of fused-ring (bicyclic) bond motifs is 1. The van der Waals surface area contributed by atoms with Crippen molar-refractivity contribution in [1.82, 2.24) is 14.6 Å². The third-order valence-corrected chi connectivity index (χ3v) is 4.06. The van der Waals surface area contributed by atoms with Gasteiger partial charge in [-0.2, -0.15) is 4.98 Å². The van der Waals surface area contributed by atoms with E-state index >= 15 is 0 Å². The topological polar surface area (TPSA) is 59.3 Å². The zero-order chi connectivity index (χ0) is 13.6. The van der Waals surface area contributed by atoms with Gasteiger partial charge < -0.3 is 0 Å². The largest absolute Gasteiger partial charge is 0.293 e. The van der Waals surface area contributed by atoms with Gasteiger partial charge in [0.2, 0.25) is 11.9 Å². The van der Waals surface area contributed by atoms with Crippen LogP contribution in [0.4, 0.5) is 5.95 Å². The molecule has 1 amide bonds. The van der Waals surface area contributed by atoms with E-state index in [0.29, 0.717) is 23.4 Å². The van der Waals surface area contributed by atoms with Crippen molar-refractivity contribution in [2.45, 2.75) is 20.3 Å². The molecule has 0 aliphatic heterocycles. The van der Waals surface area contributed by atoms with Crippen molar-refractivity contribution >= 4 is 33.4 Å². The lowest BCUT2D eigenvalue weighted by atomic mass is 10.1. The lowest BCUT2D eigenvalue weighted by Gasteiger charge is -2.02. The summed E-state index contributed by atoms with van der Waals surface area (Å²) < 4.78 is 2.58. The van der Waals surface area contributed by atoms with Gasteiger partial charge in [0.25, 0.3) is 0 Å². The van der Waals surface area contributed by atoms with Crippen LogP contribution in [0.25, 0.3) is 5.65 Å². The molecule has 1 saturated carbocycles. The van der Waals surface area contributed by atoms with Crippen molar-refractivity contribution in [2.75, 3.05) is 5.32 Å². The Hall–Kier alpha value is -1.43. The second kappa shape index (κ2) is 4.59. The van der Waals surface area contributed by atoms with Crippen LogP contribution < -0.4 is 5.32 Å². The number of rotatable bonds is 3. The van der Waals surface area contributed by atoms with E-state index in [1.54, 1.807) is 10.7 Å². The van der Waals surface area contributed by atoms with E-state index in [2.05, 4.69) is 45.2 Å². The third-order valence-electron chi connectivity index (χ3n) is 3.57. The van der Waals surface area contributed by atoms with E-state index in [1.807, 2.05) is 12.1 Å².